The van der Waals surface area contributed by atoms with E-state index in [0.717, 1.165) is 28.4 Å². The fourth-order valence-corrected chi connectivity index (χ4v) is 5.20. The molecule has 0 unspecified atom stereocenters. The van der Waals surface area contributed by atoms with E-state index in [-0.39, 0.29) is 39.1 Å². The molecule has 2 aromatic rings. The molecule has 0 bridgehead atoms. The highest BCUT2D eigenvalue weighted by molar-refractivity contribution is 7.98. The lowest BCUT2D eigenvalue weighted by molar-refractivity contribution is -0.0220. The van der Waals surface area contributed by atoms with Crippen molar-refractivity contribution in [2.45, 2.75) is 76.2 Å². The molecule has 0 aromatic carbocycles. The van der Waals surface area contributed by atoms with Crippen LogP contribution >= 0.6 is 11.8 Å². The van der Waals surface area contributed by atoms with E-state index in [1.54, 1.807) is 45.7 Å². The van der Waals surface area contributed by atoms with Gasteiger partial charge in [-0.3, -0.25) is 9.58 Å². The summed E-state index contributed by atoms with van der Waals surface area (Å²) in [6, 6.07) is 3.70. The first-order chi connectivity index (χ1) is 17.3. The largest absolute Gasteiger partial charge is 0.443 e. The van der Waals surface area contributed by atoms with Gasteiger partial charge in [0.15, 0.2) is 0 Å². The van der Waals surface area contributed by atoms with Gasteiger partial charge in [0, 0.05) is 68.9 Å². The van der Waals surface area contributed by atoms with Crippen molar-refractivity contribution in [3.05, 3.63) is 29.1 Å². The predicted molar refractivity (Wildman–Crippen MR) is 143 cm³/mol. The van der Waals surface area contributed by atoms with Crippen LogP contribution in [0.3, 0.4) is 0 Å². The zero-order chi connectivity index (χ0) is 27.4. The summed E-state index contributed by atoms with van der Waals surface area (Å²) in [6.45, 7) is 10.6. The molecular formula is C26H39F2N5O3S. The SMILES string of the molecule is CCc1c(C)c(SCc2cc(N3CCC(F)(F)CC3)cc(N(CCOC)C(=O)OC(C)(C)C)n2)nn1C. The maximum atomic E-state index is 13.9. The molecule has 1 saturated heterocycles. The molecule has 37 heavy (non-hydrogen) atoms. The van der Waals surface area contributed by atoms with Crippen LogP contribution in [0.25, 0.3) is 0 Å². The Morgan fingerprint density at radius 1 is 1.24 bits per heavy atom. The Hall–Kier alpha value is -2.40. The molecule has 1 amide bonds. The van der Waals surface area contributed by atoms with Gasteiger partial charge in [0.25, 0.3) is 5.92 Å². The number of hydrogen-bond donors (Lipinski definition) is 0. The number of ether oxygens (including phenoxy) is 2. The van der Waals surface area contributed by atoms with Crippen molar-refractivity contribution in [3.8, 4) is 0 Å². The van der Waals surface area contributed by atoms with Crippen molar-refractivity contribution in [2.24, 2.45) is 7.05 Å². The summed E-state index contributed by atoms with van der Waals surface area (Å²) in [5.41, 5.74) is 3.11. The van der Waals surface area contributed by atoms with Gasteiger partial charge in [-0.2, -0.15) is 5.10 Å². The summed E-state index contributed by atoms with van der Waals surface area (Å²) in [6.07, 6.45) is -0.0638. The van der Waals surface area contributed by atoms with Gasteiger partial charge in [-0.25, -0.2) is 18.6 Å². The van der Waals surface area contributed by atoms with E-state index >= 15 is 0 Å². The van der Waals surface area contributed by atoms with E-state index in [1.165, 1.54) is 10.6 Å². The molecule has 3 heterocycles. The van der Waals surface area contributed by atoms with Crippen LogP contribution in [0.5, 0.6) is 0 Å². The van der Waals surface area contributed by atoms with Crippen molar-refractivity contribution < 1.29 is 23.0 Å². The lowest BCUT2D eigenvalue weighted by Crippen LogP contribution is -2.41. The minimum absolute atomic E-state index is 0.207. The molecule has 1 fully saturated rings. The number of carbonyl (C=O) groups is 1. The number of thioether (sulfide) groups is 1. The van der Waals surface area contributed by atoms with Gasteiger partial charge in [0.05, 0.1) is 18.8 Å². The van der Waals surface area contributed by atoms with Gasteiger partial charge in [0.2, 0.25) is 0 Å². The molecule has 0 N–H and O–H groups in total. The quantitative estimate of drug-likeness (QED) is 0.384. The fourth-order valence-electron chi connectivity index (χ4n) is 4.25. The maximum absolute atomic E-state index is 13.9. The predicted octanol–water partition coefficient (Wildman–Crippen LogP) is 5.60. The third-order valence-electron chi connectivity index (χ3n) is 6.20. The number of aryl methyl sites for hydroxylation is 1. The average Bonchev–Trinajstić information content (AvgIpc) is 3.08. The summed E-state index contributed by atoms with van der Waals surface area (Å²) < 4.78 is 40.5. The second-order valence-electron chi connectivity index (χ2n) is 10.3. The summed E-state index contributed by atoms with van der Waals surface area (Å²) in [7, 11) is 3.50. The molecule has 0 radical (unpaired) electrons. The molecule has 0 atom stereocenters. The Labute approximate surface area is 222 Å². The van der Waals surface area contributed by atoms with Crippen LogP contribution in [-0.4, -0.2) is 65.7 Å². The number of halogens is 2. The summed E-state index contributed by atoms with van der Waals surface area (Å²) in [5.74, 6) is -1.73. The number of anilines is 2. The first-order valence-electron chi connectivity index (χ1n) is 12.6. The molecule has 1 aliphatic heterocycles. The average molecular weight is 540 g/mol. The number of alkyl halides is 2. The van der Waals surface area contributed by atoms with Gasteiger partial charge in [-0.1, -0.05) is 18.7 Å². The van der Waals surface area contributed by atoms with E-state index in [4.69, 9.17) is 14.5 Å². The first-order valence-corrected chi connectivity index (χ1v) is 13.6. The Balaban J connectivity index is 1.96. The molecule has 1 aliphatic rings. The number of rotatable bonds is 9. The zero-order valence-electron chi connectivity index (χ0n) is 22.9. The highest BCUT2D eigenvalue weighted by Gasteiger charge is 2.34. The maximum Gasteiger partial charge on any atom is 0.416 e. The number of piperidine rings is 1. The van der Waals surface area contributed by atoms with Crippen molar-refractivity contribution >= 4 is 29.4 Å². The molecule has 3 rings (SSSR count). The first kappa shape index (κ1) is 29.2. The van der Waals surface area contributed by atoms with Gasteiger partial charge < -0.3 is 14.4 Å². The van der Waals surface area contributed by atoms with E-state index in [1.807, 2.05) is 22.7 Å². The van der Waals surface area contributed by atoms with Crippen LogP contribution in [0, 0.1) is 6.92 Å². The second kappa shape index (κ2) is 12.0. The van der Waals surface area contributed by atoms with Crippen molar-refractivity contribution in [2.75, 3.05) is 43.2 Å². The minimum atomic E-state index is -2.65. The fraction of sp³-hybridized carbons (Fsp3) is 0.654. The third kappa shape index (κ3) is 7.80. The van der Waals surface area contributed by atoms with Crippen LogP contribution in [0.1, 0.15) is 57.5 Å². The number of nitrogens with zero attached hydrogens (tertiary/aromatic N) is 5. The Morgan fingerprint density at radius 3 is 2.49 bits per heavy atom. The molecule has 0 saturated carbocycles. The van der Waals surface area contributed by atoms with Crippen LogP contribution in [0.2, 0.25) is 0 Å². The molecule has 0 spiro atoms. The van der Waals surface area contributed by atoms with Gasteiger partial charge in [-0.15, -0.1) is 0 Å². The summed E-state index contributed by atoms with van der Waals surface area (Å²) >= 11 is 1.57. The molecule has 2 aromatic heterocycles. The summed E-state index contributed by atoms with van der Waals surface area (Å²) in [5, 5.41) is 5.57. The molecule has 206 valence electrons. The highest BCUT2D eigenvalue weighted by Crippen LogP contribution is 2.34. The smallest absolute Gasteiger partial charge is 0.416 e. The minimum Gasteiger partial charge on any atom is -0.443 e. The van der Waals surface area contributed by atoms with Crippen molar-refractivity contribution in [1.29, 1.82) is 0 Å². The van der Waals surface area contributed by atoms with Gasteiger partial charge >= 0.3 is 6.09 Å². The number of methoxy groups -OCH3 is 1. The number of pyridine rings is 1. The monoisotopic (exact) mass is 539 g/mol. The van der Waals surface area contributed by atoms with Crippen LogP contribution in [0.15, 0.2) is 17.2 Å². The third-order valence-corrected chi connectivity index (χ3v) is 7.30. The lowest BCUT2D eigenvalue weighted by atomic mass is 10.1. The zero-order valence-corrected chi connectivity index (χ0v) is 23.8. The van der Waals surface area contributed by atoms with E-state index in [9.17, 15) is 13.6 Å². The normalized spacial score (nSPS) is 15.6. The van der Waals surface area contributed by atoms with E-state index in [0.29, 0.717) is 11.6 Å². The van der Waals surface area contributed by atoms with Crippen LogP contribution in [0.4, 0.5) is 25.1 Å². The number of amides is 1. The van der Waals surface area contributed by atoms with Gasteiger partial charge in [-0.05, 0) is 40.2 Å². The number of aromatic nitrogens is 3. The van der Waals surface area contributed by atoms with E-state index < -0.39 is 17.6 Å². The second-order valence-corrected chi connectivity index (χ2v) is 11.2. The molecule has 11 heteroatoms. The topological polar surface area (TPSA) is 72.7 Å². The van der Waals surface area contributed by atoms with E-state index in [2.05, 4.69) is 18.9 Å². The number of carbonyl (C=O) groups excluding carboxylic acids is 1. The lowest BCUT2D eigenvalue weighted by Gasteiger charge is -2.34. The van der Waals surface area contributed by atoms with Gasteiger partial charge in [0.1, 0.15) is 16.4 Å². The van der Waals surface area contributed by atoms with Crippen LogP contribution < -0.4 is 9.80 Å². The Morgan fingerprint density at radius 2 is 1.92 bits per heavy atom. The summed E-state index contributed by atoms with van der Waals surface area (Å²) in [4.78, 5) is 21.3. The number of hydrogen-bond acceptors (Lipinski definition) is 7. The Bertz CT molecular complexity index is 1080. The highest BCUT2D eigenvalue weighted by atomic mass is 32.2. The molecule has 0 aliphatic carbocycles. The molecule has 8 nitrogen and oxygen atoms in total. The van der Waals surface area contributed by atoms with Crippen LogP contribution in [-0.2, 0) is 28.7 Å². The van der Waals surface area contributed by atoms with Crippen molar-refractivity contribution in [3.63, 3.8) is 0 Å². The Kier molecular flexibility index (Phi) is 9.44. The standard InChI is InChI=1S/C26H39F2N5O3S/c1-8-21-18(2)23(30-31(21)6)37-17-19-15-20(32-11-9-26(27,28)10-12-32)16-22(29-19)33(13-14-35-7)24(34)36-25(3,4)5/h15-16H,8-14,17H2,1-7H3. The van der Waals surface area contributed by atoms with Crippen molar-refractivity contribution in [1.82, 2.24) is 14.8 Å². The molecular weight excluding hydrogens is 500 g/mol.